The van der Waals surface area contributed by atoms with Crippen LogP contribution in [0.25, 0.3) is 0 Å². The molecule has 0 aliphatic heterocycles. The van der Waals surface area contributed by atoms with Crippen LogP contribution >= 0.6 is 0 Å². The highest BCUT2D eigenvalue weighted by molar-refractivity contribution is 5.97. The standard InChI is InChI=1S/C14H22N4O/c1-18(2)7-8-19-14-11(13(15)16)9-10-5-3-4-6-12(10)17-14/h9H,3-8H2,1-2H3,(H3,15,16). The zero-order valence-electron chi connectivity index (χ0n) is 11.7. The molecular weight excluding hydrogens is 240 g/mol. The van der Waals surface area contributed by atoms with Crippen LogP contribution in [0.2, 0.25) is 0 Å². The van der Waals surface area contributed by atoms with Gasteiger partial charge in [-0.05, 0) is 51.4 Å². The summed E-state index contributed by atoms with van der Waals surface area (Å²) in [5.41, 5.74) is 8.58. The van der Waals surface area contributed by atoms with Gasteiger partial charge in [0.15, 0.2) is 0 Å². The van der Waals surface area contributed by atoms with Crippen LogP contribution in [-0.2, 0) is 12.8 Å². The summed E-state index contributed by atoms with van der Waals surface area (Å²) in [5.74, 6) is 0.538. The Kier molecular flexibility index (Phi) is 4.37. The van der Waals surface area contributed by atoms with E-state index in [9.17, 15) is 0 Å². The highest BCUT2D eigenvalue weighted by Gasteiger charge is 2.17. The largest absolute Gasteiger partial charge is 0.476 e. The third-order valence-corrected chi connectivity index (χ3v) is 3.33. The summed E-state index contributed by atoms with van der Waals surface area (Å²) < 4.78 is 5.70. The maximum atomic E-state index is 7.66. The Bertz CT molecular complexity index is 471. The van der Waals surface area contributed by atoms with E-state index in [1.807, 2.05) is 25.1 Å². The van der Waals surface area contributed by atoms with Crippen LogP contribution in [0.15, 0.2) is 6.07 Å². The number of nitrogens with zero attached hydrogens (tertiary/aromatic N) is 2. The molecule has 0 atom stereocenters. The van der Waals surface area contributed by atoms with Crippen molar-refractivity contribution < 1.29 is 4.74 Å². The smallest absolute Gasteiger partial charge is 0.224 e. The Morgan fingerprint density at radius 1 is 1.42 bits per heavy atom. The molecule has 1 aromatic rings. The number of likely N-dealkylation sites (N-methyl/N-ethyl adjacent to an activating group) is 1. The predicted molar refractivity (Wildman–Crippen MR) is 75.9 cm³/mol. The highest BCUT2D eigenvalue weighted by atomic mass is 16.5. The molecule has 0 amide bonds. The van der Waals surface area contributed by atoms with Crippen molar-refractivity contribution in [3.8, 4) is 5.88 Å². The fourth-order valence-corrected chi connectivity index (χ4v) is 2.24. The summed E-state index contributed by atoms with van der Waals surface area (Å²) in [5, 5.41) is 7.66. The first-order valence-corrected chi connectivity index (χ1v) is 6.72. The first-order valence-electron chi connectivity index (χ1n) is 6.72. The summed E-state index contributed by atoms with van der Waals surface area (Å²) in [6.07, 6.45) is 4.39. The molecule has 0 saturated heterocycles. The molecule has 0 saturated carbocycles. The van der Waals surface area contributed by atoms with Crippen molar-refractivity contribution in [3.63, 3.8) is 0 Å². The molecule has 5 nitrogen and oxygen atoms in total. The number of nitrogens with one attached hydrogen (secondary N) is 1. The summed E-state index contributed by atoms with van der Waals surface area (Å²) in [4.78, 5) is 6.62. The summed E-state index contributed by atoms with van der Waals surface area (Å²) in [6.45, 7) is 1.37. The number of ether oxygens (including phenoxy) is 1. The third kappa shape index (κ3) is 3.44. The third-order valence-electron chi connectivity index (χ3n) is 3.33. The van der Waals surface area contributed by atoms with E-state index in [0.29, 0.717) is 18.1 Å². The molecule has 0 radical (unpaired) electrons. The minimum atomic E-state index is 0.0285. The number of fused-ring (bicyclic) bond motifs is 1. The van der Waals surface area contributed by atoms with Gasteiger partial charge in [0.1, 0.15) is 12.4 Å². The van der Waals surface area contributed by atoms with Crippen LogP contribution in [0.4, 0.5) is 0 Å². The summed E-state index contributed by atoms with van der Waals surface area (Å²) in [7, 11) is 3.99. The van der Waals surface area contributed by atoms with Gasteiger partial charge in [0.05, 0.1) is 5.56 Å². The molecule has 0 unspecified atom stereocenters. The van der Waals surface area contributed by atoms with Crippen LogP contribution in [0.3, 0.4) is 0 Å². The second-order valence-electron chi connectivity index (χ2n) is 5.22. The number of aromatic nitrogens is 1. The van der Waals surface area contributed by atoms with Gasteiger partial charge in [-0.2, -0.15) is 0 Å². The van der Waals surface area contributed by atoms with E-state index in [0.717, 1.165) is 25.1 Å². The Balaban J connectivity index is 2.21. The average molecular weight is 262 g/mol. The van der Waals surface area contributed by atoms with Gasteiger partial charge in [0.25, 0.3) is 0 Å². The number of amidine groups is 1. The van der Waals surface area contributed by atoms with Crippen molar-refractivity contribution >= 4 is 5.84 Å². The average Bonchev–Trinajstić information content (AvgIpc) is 2.37. The van der Waals surface area contributed by atoms with Gasteiger partial charge in [-0.25, -0.2) is 4.98 Å². The van der Waals surface area contributed by atoms with Gasteiger partial charge in [0, 0.05) is 12.2 Å². The van der Waals surface area contributed by atoms with Crippen molar-refractivity contribution in [1.29, 1.82) is 5.41 Å². The highest BCUT2D eigenvalue weighted by Crippen LogP contribution is 2.25. The molecule has 1 heterocycles. The molecule has 0 fully saturated rings. The fourth-order valence-electron chi connectivity index (χ4n) is 2.24. The van der Waals surface area contributed by atoms with Gasteiger partial charge in [-0.3, -0.25) is 5.41 Å². The number of rotatable bonds is 5. The van der Waals surface area contributed by atoms with E-state index in [1.165, 1.54) is 18.4 Å². The van der Waals surface area contributed by atoms with Gasteiger partial charge < -0.3 is 15.4 Å². The number of pyridine rings is 1. The molecule has 5 heteroatoms. The number of nitrogens with two attached hydrogens (primary N) is 1. The second-order valence-corrected chi connectivity index (χ2v) is 5.22. The van der Waals surface area contributed by atoms with E-state index in [1.54, 1.807) is 0 Å². The predicted octanol–water partition coefficient (Wildman–Crippen LogP) is 1.18. The van der Waals surface area contributed by atoms with Crippen LogP contribution in [0.5, 0.6) is 5.88 Å². The van der Waals surface area contributed by atoms with Crippen LogP contribution in [0, 0.1) is 5.41 Å². The molecular formula is C14H22N4O. The maximum absolute atomic E-state index is 7.66. The lowest BCUT2D eigenvalue weighted by Crippen LogP contribution is -2.22. The van der Waals surface area contributed by atoms with Gasteiger partial charge in [-0.1, -0.05) is 0 Å². The minimum Gasteiger partial charge on any atom is -0.476 e. The maximum Gasteiger partial charge on any atom is 0.224 e. The van der Waals surface area contributed by atoms with Crippen molar-refractivity contribution in [1.82, 2.24) is 9.88 Å². The van der Waals surface area contributed by atoms with Crippen molar-refractivity contribution in [2.45, 2.75) is 25.7 Å². The molecule has 2 rings (SSSR count). The monoisotopic (exact) mass is 262 g/mol. The summed E-state index contributed by atoms with van der Waals surface area (Å²) in [6, 6.07) is 1.98. The quantitative estimate of drug-likeness (QED) is 0.617. The molecule has 1 aliphatic carbocycles. The van der Waals surface area contributed by atoms with E-state index < -0.39 is 0 Å². The van der Waals surface area contributed by atoms with Crippen LogP contribution in [-0.4, -0.2) is 43.0 Å². The van der Waals surface area contributed by atoms with Crippen molar-refractivity contribution in [3.05, 3.63) is 22.9 Å². The van der Waals surface area contributed by atoms with Gasteiger partial charge in [0.2, 0.25) is 5.88 Å². The van der Waals surface area contributed by atoms with E-state index in [-0.39, 0.29) is 5.84 Å². The molecule has 1 aliphatic rings. The summed E-state index contributed by atoms with van der Waals surface area (Å²) >= 11 is 0. The zero-order valence-corrected chi connectivity index (χ0v) is 11.7. The Morgan fingerprint density at radius 3 is 2.84 bits per heavy atom. The molecule has 0 spiro atoms. The molecule has 0 bridgehead atoms. The number of hydrogen-bond acceptors (Lipinski definition) is 4. The van der Waals surface area contributed by atoms with Gasteiger partial charge in [-0.15, -0.1) is 0 Å². The minimum absolute atomic E-state index is 0.0285. The second kappa shape index (κ2) is 6.02. The Morgan fingerprint density at radius 2 is 2.16 bits per heavy atom. The van der Waals surface area contributed by atoms with Crippen LogP contribution < -0.4 is 10.5 Å². The lowest BCUT2D eigenvalue weighted by molar-refractivity contribution is 0.252. The molecule has 0 aromatic carbocycles. The molecule has 1 aromatic heterocycles. The first-order chi connectivity index (χ1) is 9.08. The van der Waals surface area contributed by atoms with Crippen molar-refractivity contribution in [2.75, 3.05) is 27.2 Å². The Hall–Kier alpha value is -1.62. The fraction of sp³-hybridized carbons (Fsp3) is 0.571. The van der Waals surface area contributed by atoms with Gasteiger partial charge >= 0.3 is 0 Å². The SMILES string of the molecule is CN(C)CCOc1nc2c(cc1C(=N)N)CCCC2. The number of nitrogen functional groups attached to an aromatic ring is 1. The van der Waals surface area contributed by atoms with Crippen LogP contribution in [0.1, 0.15) is 29.7 Å². The topological polar surface area (TPSA) is 75.2 Å². The van der Waals surface area contributed by atoms with E-state index in [4.69, 9.17) is 15.9 Å². The van der Waals surface area contributed by atoms with E-state index in [2.05, 4.69) is 4.98 Å². The Labute approximate surface area is 114 Å². The molecule has 3 N–H and O–H groups in total. The lowest BCUT2D eigenvalue weighted by Gasteiger charge is -2.19. The molecule has 19 heavy (non-hydrogen) atoms. The number of hydrogen-bond donors (Lipinski definition) is 2. The van der Waals surface area contributed by atoms with E-state index >= 15 is 0 Å². The lowest BCUT2D eigenvalue weighted by atomic mass is 9.95. The zero-order chi connectivity index (χ0) is 13.8. The normalized spacial score (nSPS) is 14.3. The van der Waals surface area contributed by atoms with Crippen molar-refractivity contribution in [2.24, 2.45) is 5.73 Å². The first kappa shape index (κ1) is 13.8. The molecule has 104 valence electrons. The number of aryl methyl sites for hydroxylation is 2.